The highest BCUT2D eigenvalue weighted by Crippen LogP contribution is 2.05. The summed E-state index contributed by atoms with van der Waals surface area (Å²) in [5, 5.41) is 3.38. The normalized spacial score (nSPS) is 18.9. The molecule has 0 aromatic carbocycles. The van der Waals surface area contributed by atoms with Gasteiger partial charge >= 0.3 is 0 Å². The Morgan fingerprint density at radius 3 is 2.41 bits per heavy atom. The minimum atomic E-state index is -0.0145. The average Bonchev–Trinajstić information content (AvgIpc) is 2.26. The van der Waals surface area contributed by atoms with Gasteiger partial charge in [-0.05, 0) is 27.8 Å². The minimum absolute atomic E-state index is 0.0145. The van der Waals surface area contributed by atoms with E-state index in [1.807, 2.05) is 0 Å². The maximum Gasteiger partial charge on any atom is 0.0600 e. The van der Waals surface area contributed by atoms with Gasteiger partial charge in [-0.25, -0.2) is 0 Å². The van der Waals surface area contributed by atoms with Gasteiger partial charge in [0.2, 0.25) is 0 Å². The molecule has 17 heavy (non-hydrogen) atoms. The summed E-state index contributed by atoms with van der Waals surface area (Å²) < 4.78 is 5.73. The Bertz CT molecular complexity index is 197. The first-order chi connectivity index (χ1) is 7.97. The van der Waals surface area contributed by atoms with Crippen molar-refractivity contribution in [3.63, 3.8) is 0 Å². The lowest BCUT2D eigenvalue weighted by Gasteiger charge is -2.29. The molecule has 0 atom stereocenters. The molecule has 1 saturated heterocycles. The van der Waals surface area contributed by atoms with Crippen LogP contribution in [0.5, 0.6) is 0 Å². The average molecular weight is 243 g/mol. The van der Waals surface area contributed by atoms with E-state index < -0.39 is 0 Å². The summed E-state index contributed by atoms with van der Waals surface area (Å²) in [7, 11) is 2.17. The van der Waals surface area contributed by atoms with Gasteiger partial charge in [0.25, 0.3) is 0 Å². The SMILES string of the molecule is CN(CCOC(C)(C)C)CCN1CCNCC1. The molecule has 0 amide bonds. The second kappa shape index (κ2) is 7.31. The van der Waals surface area contributed by atoms with E-state index in [2.05, 4.69) is 42.9 Å². The van der Waals surface area contributed by atoms with Crippen molar-refractivity contribution in [2.24, 2.45) is 0 Å². The Hall–Kier alpha value is -0.160. The Morgan fingerprint density at radius 1 is 1.18 bits per heavy atom. The molecule has 0 bridgehead atoms. The first kappa shape index (κ1) is 14.9. The lowest BCUT2D eigenvalue weighted by Crippen LogP contribution is -2.46. The minimum Gasteiger partial charge on any atom is -0.375 e. The molecule has 4 nitrogen and oxygen atoms in total. The monoisotopic (exact) mass is 243 g/mol. The highest BCUT2D eigenvalue weighted by atomic mass is 16.5. The van der Waals surface area contributed by atoms with Crippen LogP contribution in [0, 0.1) is 0 Å². The highest BCUT2D eigenvalue weighted by molar-refractivity contribution is 4.68. The molecule has 0 aliphatic carbocycles. The van der Waals surface area contributed by atoms with Crippen molar-refractivity contribution in [3.05, 3.63) is 0 Å². The standard InChI is InChI=1S/C13H29N3O/c1-13(2,3)17-12-11-15(4)9-10-16-7-5-14-6-8-16/h14H,5-12H2,1-4H3. The summed E-state index contributed by atoms with van der Waals surface area (Å²) in [4.78, 5) is 4.88. The molecule has 0 saturated carbocycles. The molecule has 1 fully saturated rings. The summed E-state index contributed by atoms with van der Waals surface area (Å²) in [6, 6.07) is 0. The number of rotatable bonds is 6. The topological polar surface area (TPSA) is 27.7 Å². The Balaban J connectivity index is 2.02. The van der Waals surface area contributed by atoms with E-state index >= 15 is 0 Å². The highest BCUT2D eigenvalue weighted by Gasteiger charge is 2.12. The molecule has 0 radical (unpaired) electrons. The molecule has 1 heterocycles. The first-order valence-corrected chi connectivity index (χ1v) is 6.73. The smallest absolute Gasteiger partial charge is 0.0600 e. The van der Waals surface area contributed by atoms with Crippen molar-refractivity contribution in [1.29, 1.82) is 0 Å². The number of piperazine rings is 1. The second-order valence-corrected chi connectivity index (χ2v) is 5.86. The Kier molecular flexibility index (Phi) is 6.41. The van der Waals surface area contributed by atoms with Crippen LogP contribution in [0.4, 0.5) is 0 Å². The van der Waals surface area contributed by atoms with Crippen molar-refractivity contribution in [1.82, 2.24) is 15.1 Å². The quantitative estimate of drug-likeness (QED) is 0.741. The summed E-state index contributed by atoms with van der Waals surface area (Å²) in [6.45, 7) is 15.1. The van der Waals surface area contributed by atoms with Crippen molar-refractivity contribution >= 4 is 0 Å². The predicted molar refractivity (Wildman–Crippen MR) is 72.5 cm³/mol. The van der Waals surface area contributed by atoms with Gasteiger partial charge in [0.15, 0.2) is 0 Å². The molecule has 0 aromatic rings. The molecule has 1 rings (SSSR count). The zero-order valence-electron chi connectivity index (χ0n) is 12.0. The van der Waals surface area contributed by atoms with Gasteiger partial charge in [0.05, 0.1) is 12.2 Å². The van der Waals surface area contributed by atoms with Gasteiger partial charge in [-0.1, -0.05) is 0 Å². The third kappa shape index (κ3) is 7.71. The van der Waals surface area contributed by atoms with Crippen molar-refractivity contribution < 1.29 is 4.74 Å². The van der Waals surface area contributed by atoms with Crippen LogP contribution in [0.25, 0.3) is 0 Å². The third-order valence-corrected chi connectivity index (χ3v) is 3.02. The number of hydrogen-bond donors (Lipinski definition) is 1. The van der Waals surface area contributed by atoms with Gasteiger partial charge in [-0.2, -0.15) is 0 Å². The molecule has 1 aliphatic heterocycles. The fraction of sp³-hybridized carbons (Fsp3) is 1.00. The van der Waals surface area contributed by atoms with Crippen LogP contribution >= 0.6 is 0 Å². The maximum atomic E-state index is 5.73. The molecule has 1 aliphatic rings. The van der Waals surface area contributed by atoms with Crippen LogP contribution in [0.2, 0.25) is 0 Å². The number of likely N-dealkylation sites (N-methyl/N-ethyl adjacent to an activating group) is 1. The lowest BCUT2D eigenvalue weighted by atomic mass is 10.2. The third-order valence-electron chi connectivity index (χ3n) is 3.02. The van der Waals surface area contributed by atoms with Crippen LogP contribution in [-0.2, 0) is 4.74 Å². The molecule has 1 N–H and O–H groups in total. The lowest BCUT2D eigenvalue weighted by molar-refractivity contribution is -0.0113. The van der Waals surface area contributed by atoms with E-state index in [0.29, 0.717) is 0 Å². The number of hydrogen-bond acceptors (Lipinski definition) is 4. The van der Waals surface area contributed by atoms with E-state index in [1.54, 1.807) is 0 Å². The molecule has 0 aromatic heterocycles. The van der Waals surface area contributed by atoms with Gasteiger partial charge in [-0.3, -0.25) is 4.90 Å². The van der Waals surface area contributed by atoms with Crippen molar-refractivity contribution in [2.75, 3.05) is 59.5 Å². The second-order valence-electron chi connectivity index (χ2n) is 5.86. The summed E-state index contributed by atoms with van der Waals surface area (Å²) in [6.07, 6.45) is 0. The zero-order chi connectivity index (χ0) is 12.7. The fourth-order valence-corrected chi connectivity index (χ4v) is 1.87. The summed E-state index contributed by atoms with van der Waals surface area (Å²) in [5.41, 5.74) is -0.0145. The predicted octanol–water partition coefficient (Wildman–Crippen LogP) is 0.639. The molecular weight excluding hydrogens is 214 g/mol. The van der Waals surface area contributed by atoms with E-state index in [1.165, 1.54) is 19.6 Å². The van der Waals surface area contributed by atoms with Crippen LogP contribution < -0.4 is 5.32 Å². The van der Waals surface area contributed by atoms with Gasteiger partial charge in [-0.15, -0.1) is 0 Å². The van der Waals surface area contributed by atoms with Gasteiger partial charge in [0.1, 0.15) is 0 Å². The molecule has 0 spiro atoms. The first-order valence-electron chi connectivity index (χ1n) is 6.73. The largest absolute Gasteiger partial charge is 0.375 e. The molecule has 102 valence electrons. The van der Waals surface area contributed by atoms with E-state index in [4.69, 9.17) is 4.74 Å². The fourth-order valence-electron chi connectivity index (χ4n) is 1.87. The molecule has 4 heteroatoms. The van der Waals surface area contributed by atoms with Crippen LogP contribution in [0.3, 0.4) is 0 Å². The van der Waals surface area contributed by atoms with E-state index in [-0.39, 0.29) is 5.60 Å². The van der Waals surface area contributed by atoms with E-state index in [9.17, 15) is 0 Å². The number of nitrogens with one attached hydrogen (secondary N) is 1. The molecular formula is C13H29N3O. The molecule has 0 unspecified atom stereocenters. The number of ether oxygens (including phenoxy) is 1. The Labute approximate surface area is 106 Å². The zero-order valence-corrected chi connectivity index (χ0v) is 12.0. The van der Waals surface area contributed by atoms with E-state index in [0.717, 1.165) is 32.8 Å². The Morgan fingerprint density at radius 2 is 1.82 bits per heavy atom. The summed E-state index contributed by atoms with van der Waals surface area (Å²) >= 11 is 0. The maximum absolute atomic E-state index is 5.73. The van der Waals surface area contributed by atoms with Gasteiger partial charge < -0.3 is 15.0 Å². The van der Waals surface area contributed by atoms with Crippen molar-refractivity contribution in [2.45, 2.75) is 26.4 Å². The van der Waals surface area contributed by atoms with Crippen molar-refractivity contribution in [3.8, 4) is 0 Å². The van der Waals surface area contributed by atoms with Gasteiger partial charge in [0, 0.05) is 45.8 Å². The summed E-state index contributed by atoms with van der Waals surface area (Å²) in [5.74, 6) is 0. The van der Waals surface area contributed by atoms with Crippen LogP contribution in [0.15, 0.2) is 0 Å². The number of nitrogens with zero attached hydrogens (tertiary/aromatic N) is 2. The van der Waals surface area contributed by atoms with Crippen LogP contribution in [-0.4, -0.2) is 74.9 Å². The van der Waals surface area contributed by atoms with Crippen LogP contribution in [0.1, 0.15) is 20.8 Å².